The fourth-order valence-electron chi connectivity index (χ4n) is 3.86. The molecule has 0 radical (unpaired) electrons. The maximum Gasteiger partial charge on any atom is 0.256 e. The third-order valence-corrected chi connectivity index (χ3v) is 5.36. The Hall–Kier alpha value is -3.47. The molecule has 2 aromatic carbocycles. The van der Waals surface area contributed by atoms with Crippen LogP contribution in [0.1, 0.15) is 27.9 Å². The van der Waals surface area contributed by atoms with Gasteiger partial charge < -0.3 is 5.32 Å². The van der Waals surface area contributed by atoms with Gasteiger partial charge in [-0.15, -0.1) is 0 Å². The molecule has 4 aromatic rings. The lowest BCUT2D eigenvalue weighted by Gasteiger charge is -2.08. The lowest BCUT2D eigenvalue weighted by Crippen LogP contribution is -2.13. The first-order valence-electron chi connectivity index (χ1n) is 9.48. The number of pyridine rings is 1. The zero-order valence-corrected chi connectivity index (χ0v) is 15.6. The minimum atomic E-state index is -0.120. The van der Waals surface area contributed by atoms with E-state index in [2.05, 4.69) is 33.6 Å². The van der Waals surface area contributed by atoms with Crippen LogP contribution in [-0.2, 0) is 19.9 Å². The van der Waals surface area contributed by atoms with Gasteiger partial charge in [0.15, 0.2) is 0 Å². The Morgan fingerprint density at radius 2 is 1.86 bits per heavy atom. The lowest BCUT2D eigenvalue weighted by atomic mass is 10.0. The zero-order chi connectivity index (χ0) is 19.1. The van der Waals surface area contributed by atoms with Gasteiger partial charge in [-0.3, -0.25) is 9.48 Å². The first-order chi connectivity index (χ1) is 13.7. The molecular weight excluding hydrogens is 348 g/mol. The summed E-state index contributed by atoms with van der Waals surface area (Å²) in [5, 5.41) is 9.23. The van der Waals surface area contributed by atoms with Crippen LogP contribution >= 0.6 is 0 Å². The van der Waals surface area contributed by atoms with Crippen molar-refractivity contribution in [1.29, 1.82) is 0 Å². The molecule has 138 valence electrons. The number of nitrogens with one attached hydrogen (secondary N) is 1. The highest BCUT2D eigenvalue weighted by molar-refractivity contribution is 6.04. The largest absolute Gasteiger partial charge is 0.307 e. The van der Waals surface area contributed by atoms with Crippen LogP contribution in [0.15, 0.2) is 61.1 Å². The Balaban J connectivity index is 1.43. The van der Waals surface area contributed by atoms with Crippen LogP contribution in [0.3, 0.4) is 0 Å². The second-order valence-corrected chi connectivity index (χ2v) is 7.33. The highest BCUT2D eigenvalue weighted by Gasteiger charge is 2.14. The van der Waals surface area contributed by atoms with Crippen LogP contribution < -0.4 is 5.32 Å². The Kier molecular flexibility index (Phi) is 3.93. The summed E-state index contributed by atoms with van der Waals surface area (Å²) in [5.74, 6) is 0.436. The number of aromatic nitrogens is 3. The van der Waals surface area contributed by atoms with Crippen LogP contribution in [-0.4, -0.2) is 20.7 Å². The van der Waals surface area contributed by atoms with E-state index in [-0.39, 0.29) is 5.91 Å². The summed E-state index contributed by atoms with van der Waals surface area (Å²) < 4.78 is 1.79. The van der Waals surface area contributed by atoms with E-state index in [0.29, 0.717) is 11.4 Å². The number of nitrogens with zero attached hydrogens (tertiary/aromatic N) is 3. The van der Waals surface area contributed by atoms with Gasteiger partial charge in [0.05, 0.1) is 6.20 Å². The third kappa shape index (κ3) is 3.05. The monoisotopic (exact) mass is 368 g/mol. The van der Waals surface area contributed by atoms with E-state index in [0.717, 1.165) is 34.7 Å². The molecule has 1 amide bonds. The van der Waals surface area contributed by atoms with E-state index in [4.69, 9.17) is 0 Å². The van der Waals surface area contributed by atoms with E-state index >= 15 is 0 Å². The van der Waals surface area contributed by atoms with Crippen molar-refractivity contribution in [3.8, 4) is 11.1 Å². The number of fused-ring (bicyclic) bond motifs is 2. The summed E-state index contributed by atoms with van der Waals surface area (Å²) in [7, 11) is 1.90. The Morgan fingerprint density at radius 1 is 0.964 bits per heavy atom. The predicted octanol–water partition coefficient (Wildman–Crippen LogP) is 4.38. The molecule has 0 aliphatic heterocycles. The fourth-order valence-corrected chi connectivity index (χ4v) is 3.86. The minimum absolute atomic E-state index is 0.120. The van der Waals surface area contributed by atoms with Crippen molar-refractivity contribution in [3.63, 3.8) is 0 Å². The molecule has 1 aliphatic carbocycles. The summed E-state index contributed by atoms with van der Waals surface area (Å²) in [5.41, 5.74) is 5.49. The van der Waals surface area contributed by atoms with Gasteiger partial charge in [0.2, 0.25) is 0 Å². The molecule has 0 spiro atoms. The Morgan fingerprint density at radius 3 is 2.71 bits per heavy atom. The Labute approximate surface area is 163 Å². The number of hydrogen-bond acceptors (Lipinski definition) is 3. The summed E-state index contributed by atoms with van der Waals surface area (Å²) >= 11 is 0. The average molecular weight is 368 g/mol. The van der Waals surface area contributed by atoms with Gasteiger partial charge in [0.25, 0.3) is 5.91 Å². The van der Waals surface area contributed by atoms with Crippen molar-refractivity contribution >= 4 is 22.5 Å². The SMILES string of the molecule is Cn1cc(-c2ccc3cnc(NC(=O)c4ccc5c(c4)CCC5)cc3c2)cn1. The second-order valence-electron chi connectivity index (χ2n) is 7.33. The molecular formula is C23H20N4O. The molecule has 5 nitrogen and oxygen atoms in total. The number of carbonyl (C=O) groups excluding carboxylic acids is 1. The molecule has 0 bridgehead atoms. The van der Waals surface area contributed by atoms with E-state index < -0.39 is 0 Å². The number of anilines is 1. The van der Waals surface area contributed by atoms with E-state index in [9.17, 15) is 4.79 Å². The van der Waals surface area contributed by atoms with Crippen LogP contribution in [0, 0.1) is 0 Å². The summed E-state index contributed by atoms with van der Waals surface area (Å²) in [6, 6.07) is 14.1. The van der Waals surface area contributed by atoms with E-state index in [1.165, 1.54) is 17.5 Å². The van der Waals surface area contributed by atoms with Crippen molar-refractivity contribution in [1.82, 2.24) is 14.8 Å². The summed E-state index contributed by atoms with van der Waals surface area (Å²) in [6.45, 7) is 0. The molecule has 5 rings (SSSR count). The lowest BCUT2D eigenvalue weighted by molar-refractivity contribution is 0.102. The molecule has 0 saturated carbocycles. The van der Waals surface area contributed by atoms with Gasteiger partial charge in [-0.1, -0.05) is 18.2 Å². The molecule has 0 atom stereocenters. The van der Waals surface area contributed by atoms with Gasteiger partial charge in [-0.2, -0.15) is 5.10 Å². The number of hydrogen-bond donors (Lipinski definition) is 1. The maximum absolute atomic E-state index is 12.7. The zero-order valence-electron chi connectivity index (χ0n) is 15.6. The molecule has 0 fully saturated rings. The topological polar surface area (TPSA) is 59.8 Å². The third-order valence-electron chi connectivity index (χ3n) is 5.36. The van der Waals surface area contributed by atoms with E-state index in [1.54, 1.807) is 10.9 Å². The molecule has 0 unspecified atom stereocenters. The minimum Gasteiger partial charge on any atom is -0.307 e. The number of aryl methyl sites for hydroxylation is 3. The number of rotatable bonds is 3. The molecule has 5 heteroatoms. The van der Waals surface area contributed by atoms with Gasteiger partial charge in [-0.05, 0) is 65.6 Å². The van der Waals surface area contributed by atoms with Crippen molar-refractivity contribution < 1.29 is 4.79 Å². The highest BCUT2D eigenvalue weighted by Crippen LogP contribution is 2.26. The molecule has 1 N–H and O–H groups in total. The van der Waals surface area contributed by atoms with Crippen molar-refractivity contribution in [3.05, 3.63) is 77.7 Å². The number of benzene rings is 2. The van der Waals surface area contributed by atoms with Crippen molar-refractivity contribution in [2.75, 3.05) is 5.32 Å². The average Bonchev–Trinajstić information content (AvgIpc) is 3.35. The van der Waals surface area contributed by atoms with Gasteiger partial charge in [0, 0.05) is 36.0 Å². The van der Waals surface area contributed by atoms with Crippen LogP contribution in [0.5, 0.6) is 0 Å². The number of carbonyl (C=O) groups is 1. The standard InChI is InChI=1S/C23H20N4O/c1-27-14-21(13-25-27)17-6-8-19-12-24-22(11-20(19)10-17)26-23(28)18-7-5-15-3-2-4-16(15)9-18/h5-14H,2-4H2,1H3,(H,24,26,28). The summed E-state index contributed by atoms with van der Waals surface area (Å²) in [4.78, 5) is 17.1. The molecule has 2 aromatic heterocycles. The van der Waals surface area contributed by atoms with Crippen LogP contribution in [0.2, 0.25) is 0 Å². The number of amides is 1. The maximum atomic E-state index is 12.7. The first kappa shape index (κ1) is 16.7. The van der Waals surface area contributed by atoms with Crippen molar-refractivity contribution in [2.45, 2.75) is 19.3 Å². The molecule has 2 heterocycles. The molecule has 0 saturated heterocycles. The predicted molar refractivity (Wildman–Crippen MR) is 110 cm³/mol. The second kappa shape index (κ2) is 6.60. The molecule has 1 aliphatic rings. The van der Waals surface area contributed by atoms with E-state index in [1.807, 2.05) is 43.7 Å². The van der Waals surface area contributed by atoms with Gasteiger partial charge in [0.1, 0.15) is 5.82 Å². The highest BCUT2D eigenvalue weighted by atomic mass is 16.1. The quantitative estimate of drug-likeness (QED) is 0.584. The fraction of sp³-hybridized carbons (Fsp3) is 0.174. The normalized spacial score (nSPS) is 12.9. The molecule has 28 heavy (non-hydrogen) atoms. The Bertz CT molecular complexity index is 1210. The first-order valence-corrected chi connectivity index (χ1v) is 9.48. The smallest absolute Gasteiger partial charge is 0.256 e. The van der Waals surface area contributed by atoms with Gasteiger partial charge >= 0.3 is 0 Å². The van der Waals surface area contributed by atoms with Crippen LogP contribution in [0.4, 0.5) is 5.82 Å². The van der Waals surface area contributed by atoms with Gasteiger partial charge in [-0.25, -0.2) is 4.98 Å². The van der Waals surface area contributed by atoms with Crippen LogP contribution in [0.25, 0.3) is 21.9 Å². The van der Waals surface area contributed by atoms with Crippen molar-refractivity contribution in [2.24, 2.45) is 7.05 Å². The summed E-state index contributed by atoms with van der Waals surface area (Å²) in [6.07, 6.45) is 8.97.